The highest BCUT2D eigenvalue weighted by atomic mass is 19.1. The van der Waals surface area contributed by atoms with Gasteiger partial charge in [-0.1, -0.05) is 12.1 Å². The summed E-state index contributed by atoms with van der Waals surface area (Å²) in [7, 11) is 0. The van der Waals surface area contributed by atoms with Gasteiger partial charge < -0.3 is 20.3 Å². The lowest BCUT2D eigenvalue weighted by molar-refractivity contribution is 0.0983. The van der Waals surface area contributed by atoms with Gasteiger partial charge in [-0.25, -0.2) is 14.2 Å². The Hall–Kier alpha value is -2.90. The second kappa shape index (κ2) is 9.16. The van der Waals surface area contributed by atoms with E-state index in [0.29, 0.717) is 38.0 Å². The molecule has 1 amide bonds. The minimum absolute atomic E-state index is 0.211. The topological polar surface area (TPSA) is 79.4 Å². The Labute approximate surface area is 158 Å². The van der Waals surface area contributed by atoms with E-state index in [1.54, 1.807) is 36.2 Å². The van der Waals surface area contributed by atoms with Crippen LogP contribution in [0, 0.1) is 5.82 Å². The average Bonchev–Trinajstić information content (AvgIpc) is 2.69. The van der Waals surface area contributed by atoms with Crippen molar-refractivity contribution in [1.82, 2.24) is 14.9 Å². The van der Waals surface area contributed by atoms with Crippen molar-refractivity contribution in [1.29, 1.82) is 0 Å². The standard InChI is InChI=1S/C19H24FN5O2/c1-2-27-19(26)25-11-8-16(9-12-25)23-18-21-10-7-17(24-18)22-13-14-3-5-15(20)6-4-14/h3-7,10,16H,2,8-9,11-13H2,1H3,(H2,21,22,23,24). The Kier molecular flexibility index (Phi) is 6.40. The first kappa shape index (κ1) is 18.9. The lowest BCUT2D eigenvalue weighted by Crippen LogP contribution is -2.42. The van der Waals surface area contributed by atoms with Crippen LogP contribution in [0.25, 0.3) is 0 Å². The van der Waals surface area contributed by atoms with E-state index < -0.39 is 0 Å². The van der Waals surface area contributed by atoms with Crippen LogP contribution in [0.2, 0.25) is 0 Å². The number of anilines is 2. The number of carbonyl (C=O) groups is 1. The van der Waals surface area contributed by atoms with Gasteiger partial charge in [-0.15, -0.1) is 0 Å². The molecule has 3 rings (SSSR count). The van der Waals surface area contributed by atoms with E-state index in [2.05, 4.69) is 20.6 Å². The first-order valence-corrected chi connectivity index (χ1v) is 9.13. The summed E-state index contributed by atoms with van der Waals surface area (Å²) in [4.78, 5) is 22.2. The molecular weight excluding hydrogens is 349 g/mol. The average molecular weight is 373 g/mol. The number of nitrogens with zero attached hydrogens (tertiary/aromatic N) is 3. The highest BCUT2D eigenvalue weighted by molar-refractivity contribution is 5.67. The number of halogens is 1. The number of ether oxygens (including phenoxy) is 1. The number of carbonyl (C=O) groups excluding carboxylic acids is 1. The summed E-state index contributed by atoms with van der Waals surface area (Å²) in [6.07, 6.45) is 3.07. The molecule has 0 bridgehead atoms. The number of hydrogen-bond donors (Lipinski definition) is 2. The van der Waals surface area contributed by atoms with Crippen molar-refractivity contribution < 1.29 is 13.9 Å². The van der Waals surface area contributed by atoms with Crippen LogP contribution in [0.1, 0.15) is 25.3 Å². The molecule has 1 aromatic carbocycles. The van der Waals surface area contributed by atoms with Crippen molar-refractivity contribution >= 4 is 17.9 Å². The summed E-state index contributed by atoms with van der Waals surface area (Å²) in [5.74, 6) is 0.996. The molecule has 1 saturated heterocycles. The van der Waals surface area contributed by atoms with Crippen molar-refractivity contribution in [3.63, 3.8) is 0 Å². The monoisotopic (exact) mass is 373 g/mol. The number of hydrogen-bond acceptors (Lipinski definition) is 6. The fourth-order valence-corrected chi connectivity index (χ4v) is 2.93. The number of rotatable bonds is 6. The second-order valence-electron chi connectivity index (χ2n) is 6.35. The SMILES string of the molecule is CCOC(=O)N1CCC(Nc2nccc(NCc3ccc(F)cc3)n2)CC1. The van der Waals surface area contributed by atoms with Crippen LogP contribution < -0.4 is 10.6 Å². The van der Waals surface area contributed by atoms with E-state index in [1.807, 2.05) is 0 Å². The Bertz CT molecular complexity index is 748. The molecule has 1 fully saturated rings. The van der Waals surface area contributed by atoms with E-state index in [4.69, 9.17) is 4.74 Å². The van der Waals surface area contributed by atoms with Crippen LogP contribution in [0.5, 0.6) is 0 Å². The van der Waals surface area contributed by atoms with Crippen LogP contribution in [-0.2, 0) is 11.3 Å². The molecular formula is C19H24FN5O2. The zero-order valence-electron chi connectivity index (χ0n) is 15.3. The number of amides is 1. The minimum atomic E-state index is -0.251. The molecule has 2 aromatic rings. The highest BCUT2D eigenvalue weighted by Crippen LogP contribution is 2.16. The largest absolute Gasteiger partial charge is 0.450 e. The maximum Gasteiger partial charge on any atom is 0.409 e. The summed E-state index contributed by atoms with van der Waals surface area (Å²) in [6.45, 7) is 4.05. The number of piperidine rings is 1. The molecule has 0 radical (unpaired) electrons. The minimum Gasteiger partial charge on any atom is -0.450 e. The summed E-state index contributed by atoms with van der Waals surface area (Å²) < 4.78 is 18.0. The normalized spacial score (nSPS) is 14.7. The molecule has 2 heterocycles. The molecule has 1 aliphatic rings. The quantitative estimate of drug-likeness (QED) is 0.809. The molecule has 0 aliphatic carbocycles. The van der Waals surface area contributed by atoms with E-state index in [1.165, 1.54) is 12.1 Å². The Morgan fingerprint density at radius 3 is 2.70 bits per heavy atom. The van der Waals surface area contributed by atoms with Gasteiger partial charge in [-0.05, 0) is 43.5 Å². The maximum absolute atomic E-state index is 13.0. The van der Waals surface area contributed by atoms with Gasteiger partial charge in [0.05, 0.1) is 6.61 Å². The molecule has 2 N–H and O–H groups in total. The number of benzene rings is 1. The molecule has 8 heteroatoms. The van der Waals surface area contributed by atoms with Crippen molar-refractivity contribution in [3.05, 3.63) is 47.9 Å². The second-order valence-corrected chi connectivity index (χ2v) is 6.35. The van der Waals surface area contributed by atoms with Crippen molar-refractivity contribution in [2.45, 2.75) is 32.4 Å². The molecule has 0 saturated carbocycles. The maximum atomic E-state index is 13.0. The Morgan fingerprint density at radius 2 is 2.00 bits per heavy atom. The fourth-order valence-electron chi connectivity index (χ4n) is 2.93. The van der Waals surface area contributed by atoms with Gasteiger partial charge in [-0.3, -0.25) is 0 Å². The Balaban J connectivity index is 1.49. The van der Waals surface area contributed by atoms with Crippen LogP contribution in [0.3, 0.4) is 0 Å². The predicted molar refractivity (Wildman–Crippen MR) is 101 cm³/mol. The van der Waals surface area contributed by atoms with Gasteiger partial charge in [0.15, 0.2) is 0 Å². The number of likely N-dealkylation sites (tertiary alicyclic amines) is 1. The highest BCUT2D eigenvalue weighted by Gasteiger charge is 2.23. The third kappa shape index (κ3) is 5.54. The fraction of sp³-hybridized carbons (Fsp3) is 0.421. The predicted octanol–water partition coefficient (Wildman–Crippen LogP) is 3.26. The van der Waals surface area contributed by atoms with Gasteiger partial charge in [0.25, 0.3) is 0 Å². The molecule has 7 nitrogen and oxygen atoms in total. The number of nitrogens with one attached hydrogen (secondary N) is 2. The summed E-state index contributed by atoms with van der Waals surface area (Å²) in [5.41, 5.74) is 0.968. The van der Waals surface area contributed by atoms with Crippen molar-refractivity contribution in [2.24, 2.45) is 0 Å². The van der Waals surface area contributed by atoms with E-state index in [0.717, 1.165) is 18.4 Å². The number of aromatic nitrogens is 2. The van der Waals surface area contributed by atoms with Gasteiger partial charge in [0, 0.05) is 31.9 Å². The molecule has 1 aromatic heterocycles. The van der Waals surface area contributed by atoms with Crippen molar-refractivity contribution in [3.8, 4) is 0 Å². The zero-order chi connectivity index (χ0) is 19.1. The summed E-state index contributed by atoms with van der Waals surface area (Å²) in [6, 6.07) is 8.35. The van der Waals surface area contributed by atoms with Gasteiger partial charge in [-0.2, -0.15) is 4.98 Å². The summed E-state index contributed by atoms with van der Waals surface area (Å²) >= 11 is 0. The molecule has 0 spiro atoms. The molecule has 0 unspecified atom stereocenters. The smallest absolute Gasteiger partial charge is 0.409 e. The first-order chi connectivity index (χ1) is 13.1. The zero-order valence-corrected chi connectivity index (χ0v) is 15.3. The third-order valence-corrected chi connectivity index (χ3v) is 4.40. The van der Waals surface area contributed by atoms with E-state index >= 15 is 0 Å². The van der Waals surface area contributed by atoms with E-state index in [9.17, 15) is 9.18 Å². The van der Waals surface area contributed by atoms with Crippen LogP contribution in [-0.4, -0.2) is 46.7 Å². The molecule has 27 heavy (non-hydrogen) atoms. The van der Waals surface area contributed by atoms with Crippen LogP contribution in [0.4, 0.5) is 21.0 Å². The van der Waals surface area contributed by atoms with E-state index in [-0.39, 0.29) is 18.0 Å². The van der Waals surface area contributed by atoms with Crippen LogP contribution >= 0.6 is 0 Å². The Morgan fingerprint density at radius 1 is 1.26 bits per heavy atom. The lowest BCUT2D eigenvalue weighted by Gasteiger charge is -2.31. The molecule has 0 atom stereocenters. The van der Waals surface area contributed by atoms with Gasteiger partial charge >= 0.3 is 6.09 Å². The third-order valence-electron chi connectivity index (χ3n) is 4.40. The lowest BCUT2D eigenvalue weighted by atomic mass is 10.1. The molecule has 144 valence electrons. The van der Waals surface area contributed by atoms with Gasteiger partial charge in [0.2, 0.25) is 5.95 Å². The molecule has 1 aliphatic heterocycles. The van der Waals surface area contributed by atoms with Crippen molar-refractivity contribution in [2.75, 3.05) is 30.3 Å². The first-order valence-electron chi connectivity index (χ1n) is 9.13. The van der Waals surface area contributed by atoms with Crippen LogP contribution in [0.15, 0.2) is 36.5 Å². The van der Waals surface area contributed by atoms with Gasteiger partial charge in [0.1, 0.15) is 11.6 Å². The summed E-state index contributed by atoms with van der Waals surface area (Å²) in [5, 5.41) is 6.54.